The average Bonchev–Trinajstić information content (AvgIpc) is 2.16. The highest BCUT2D eigenvalue weighted by molar-refractivity contribution is 7.99. The number of hydrogen-bond acceptors (Lipinski definition) is 2. The van der Waals surface area contributed by atoms with Crippen LogP contribution in [0.2, 0.25) is 0 Å². The van der Waals surface area contributed by atoms with Gasteiger partial charge in [-0.25, -0.2) is 0 Å². The molecular weight excluding hydrogens is 206 g/mol. The lowest BCUT2D eigenvalue weighted by Gasteiger charge is -2.35. The first kappa shape index (κ1) is 12.9. The number of rotatable bonds is 4. The van der Waals surface area contributed by atoms with Gasteiger partial charge < -0.3 is 4.90 Å². The van der Waals surface area contributed by atoms with Crippen LogP contribution in [0.5, 0.6) is 0 Å². The van der Waals surface area contributed by atoms with Gasteiger partial charge in [0, 0.05) is 25.3 Å². The molecule has 3 heteroatoms. The number of likely N-dealkylation sites (tertiary alicyclic amines) is 1. The molecule has 1 heterocycles. The molecule has 0 N–H and O–H groups in total. The minimum absolute atomic E-state index is 0.356. The molecule has 0 bridgehead atoms. The Morgan fingerprint density at radius 2 is 1.93 bits per heavy atom. The zero-order chi connectivity index (χ0) is 11.3. The maximum absolute atomic E-state index is 11.9. The van der Waals surface area contributed by atoms with Gasteiger partial charge in [-0.05, 0) is 24.0 Å². The molecule has 0 radical (unpaired) electrons. The van der Waals surface area contributed by atoms with Crippen molar-refractivity contribution in [2.75, 3.05) is 24.6 Å². The van der Waals surface area contributed by atoms with Crippen molar-refractivity contribution in [2.45, 2.75) is 33.6 Å². The fourth-order valence-electron chi connectivity index (χ4n) is 2.33. The molecule has 15 heavy (non-hydrogen) atoms. The lowest BCUT2D eigenvalue weighted by Crippen LogP contribution is -2.42. The molecule has 0 saturated carbocycles. The summed E-state index contributed by atoms with van der Waals surface area (Å²) in [5.74, 6) is 3.80. The van der Waals surface area contributed by atoms with E-state index in [4.69, 9.17) is 0 Å². The van der Waals surface area contributed by atoms with E-state index in [1.165, 1.54) is 6.42 Å². The van der Waals surface area contributed by atoms with Gasteiger partial charge in [-0.3, -0.25) is 4.79 Å². The maximum Gasteiger partial charge on any atom is 0.223 e. The standard InChI is InChI=1S/C12H23NOS/c1-4-15-6-5-12(14)13-8-10(2)7-11(3)9-13/h10-11H,4-9H2,1-3H3. The topological polar surface area (TPSA) is 20.3 Å². The molecule has 1 saturated heterocycles. The molecule has 0 aromatic carbocycles. The van der Waals surface area contributed by atoms with Gasteiger partial charge in [-0.2, -0.15) is 11.8 Å². The summed E-state index contributed by atoms with van der Waals surface area (Å²) < 4.78 is 0. The van der Waals surface area contributed by atoms with E-state index in [9.17, 15) is 4.79 Å². The van der Waals surface area contributed by atoms with Gasteiger partial charge in [0.2, 0.25) is 5.91 Å². The Morgan fingerprint density at radius 3 is 2.47 bits per heavy atom. The molecule has 1 aliphatic rings. The predicted octanol–water partition coefficient (Wildman–Crippen LogP) is 2.63. The van der Waals surface area contributed by atoms with Crippen LogP contribution in [0.3, 0.4) is 0 Å². The third-order valence-corrected chi connectivity index (χ3v) is 3.79. The number of piperidine rings is 1. The number of nitrogens with zero attached hydrogens (tertiary/aromatic N) is 1. The van der Waals surface area contributed by atoms with Crippen molar-refractivity contribution in [3.05, 3.63) is 0 Å². The van der Waals surface area contributed by atoms with Gasteiger partial charge in [0.05, 0.1) is 0 Å². The summed E-state index contributed by atoms with van der Waals surface area (Å²) in [7, 11) is 0. The van der Waals surface area contributed by atoms with E-state index in [1.807, 2.05) is 11.8 Å². The van der Waals surface area contributed by atoms with Crippen LogP contribution in [-0.4, -0.2) is 35.4 Å². The predicted molar refractivity (Wildman–Crippen MR) is 67.1 cm³/mol. The molecule has 0 aliphatic carbocycles. The average molecular weight is 229 g/mol. The van der Waals surface area contributed by atoms with Crippen LogP contribution < -0.4 is 0 Å². The lowest BCUT2D eigenvalue weighted by molar-refractivity contribution is -0.133. The maximum atomic E-state index is 11.9. The number of thioether (sulfide) groups is 1. The molecular formula is C12H23NOS. The van der Waals surface area contributed by atoms with Gasteiger partial charge >= 0.3 is 0 Å². The Hall–Kier alpha value is -0.180. The molecule has 0 spiro atoms. The normalized spacial score (nSPS) is 26.7. The van der Waals surface area contributed by atoms with E-state index in [2.05, 4.69) is 25.7 Å². The summed E-state index contributed by atoms with van der Waals surface area (Å²) in [5.41, 5.74) is 0. The quantitative estimate of drug-likeness (QED) is 0.691. The summed E-state index contributed by atoms with van der Waals surface area (Å²) in [4.78, 5) is 13.9. The van der Waals surface area contributed by atoms with Gasteiger partial charge in [0.15, 0.2) is 0 Å². The van der Waals surface area contributed by atoms with Crippen molar-refractivity contribution in [3.8, 4) is 0 Å². The van der Waals surface area contributed by atoms with E-state index >= 15 is 0 Å². The zero-order valence-electron chi connectivity index (χ0n) is 10.2. The van der Waals surface area contributed by atoms with Crippen LogP contribution in [0.25, 0.3) is 0 Å². The molecule has 88 valence electrons. The van der Waals surface area contributed by atoms with Crippen molar-refractivity contribution >= 4 is 17.7 Å². The monoisotopic (exact) mass is 229 g/mol. The SMILES string of the molecule is CCSCCC(=O)N1CC(C)CC(C)C1. The molecule has 2 atom stereocenters. The molecule has 0 aromatic rings. The Labute approximate surface area is 97.8 Å². The first-order valence-electron chi connectivity index (χ1n) is 5.99. The second kappa shape index (κ2) is 6.41. The van der Waals surface area contributed by atoms with E-state index in [1.54, 1.807) is 0 Å². The van der Waals surface area contributed by atoms with Crippen molar-refractivity contribution in [1.82, 2.24) is 4.90 Å². The first-order valence-corrected chi connectivity index (χ1v) is 7.14. The number of carbonyl (C=O) groups excluding carboxylic acids is 1. The van der Waals surface area contributed by atoms with Crippen molar-refractivity contribution in [1.29, 1.82) is 0 Å². The summed E-state index contributed by atoms with van der Waals surface area (Å²) in [6.07, 6.45) is 1.99. The smallest absolute Gasteiger partial charge is 0.223 e. The molecule has 1 rings (SSSR count). The second-order valence-electron chi connectivity index (χ2n) is 4.69. The van der Waals surface area contributed by atoms with Crippen molar-refractivity contribution in [2.24, 2.45) is 11.8 Å². The fraction of sp³-hybridized carbons (Fsp3) is 0.917. The largest absolute Gasteiger partial charge is 0.342 e. The first-order chi connectivity index (χ1) is 7.13. The van der Waals surface area contributed by atoms with E-state index in [-0.39, 0.29) is 0 Å². The Bertz CT molecular complexity index is 198. The van der Waals surface area contributed by atoms with Gasteiger partial charge in [0.25, 0.3) is 0 Å². The van der Waals surface area contributed by atoms with E-state index in [0.717, 1.165) is 31.0 Å². The summed E-state index contributed by atoms with van der Waals surface area (Å²) in [6.45, 7) is 8.58. The molecule has 1 aliphatic heterocycles. The molecule has 0 aromatic heterocycles. The highest BCUT2D eigenvalue weighted by Gasteiger charge is 2.24. The van der Waals surface area contributed by atoms with Crippen molar-refractivity contribution < 1.29 is 4.79 Å². The third-order valence-electron chi connectivity index (χ3n) is 2.89. The van der Waals surface area contributed by atoms with Gasteiger partial charge in [0.1, 0.15) is 0 Å². The molecule has 1 fully saturated rings. The Kier molecular flexibility index (Phi) is 5.51. The number of amides is 1. The lowest BCUT2D eigenvalue weighted by atomic mass is 9.92. The minimum atomic E-state index is 0.356. The third kappa shape index (κ3) is 4.45. The Morgan fingerprint density at radius 1 is 1.33 bits per heavy atom. The number of hydrogen-bond donors (Lipinski definition) is 0. The Balaban J connectivity index is 2.31. The fourth-order valence-corrected chi connectivity index (χ4v) is 2.94. The highest BCUT2D eigenvalue weighted by atomic mass is 32.2. The van der Waals surface area contributed by atoms with Crippen molar-refractivity contribution in [3.63, 3.8) is 0 Å². The van der Waals surface area contributed by atoms with Crippen LogP contribution in [0, 0.1) is 11.8 Å². The van der Waals surface area contributed by atoms with Crippen LogP contribution >= 0.6 is 11.8 Å². The van der Waals surface area contributed by atoms with E-state index in [0.29, 0.717) is 17.7 Å². The van der Waals surface area contributed by atoms with Crippen LogP contribution in [0.1, 0.15) is 33.6 Å². The van der Waals surface area contributed by atoms with Gasteiger partial charge in [-0.15, -0.1) is 0 Å². The van der Waals surface area contributed by atoms with Crippen LogP contribution in [0.15, 0.2) is 0 Å². The van der Waals surface area contributed by atoms with Crippen LogP contribution in [0.4, 0.5) is 0 Å². The zero-order valence-corrected chi connectivity index (χ0v) is 11.0. The summed E-state index contributed by atoms with van der Waals surface area (Å²) >= 11 is 1.85. The summed E-state index contributed by atoms with van der Waals surface area (Å²) in [5, 5.41) is 0. The summed E-state index contributed by atoms with van der Waals surface area (Å²) in [6, 6.07) is 0. The van der Waals surface area contributed by atoms with E-state index < -0.39 is 0 Å². The highest BCUT2D eigenvalue weighted by Crippen LogP contribution is 2.21. The molecule has 1 amide bonds. The molecule has 2 unspecified atom stereocenters. The minimum Gasteiger partial charge on any atom is -0.342 e. The van der Waals surface area contributed by atoms with Gasteiger partial charge in [-0.1, -0.05) is 20.8 Å². The van der Waals surface area contributed by atoms with Crippen LogP contribution in [-0.2, 0) is 4.79 Å². The molecule has 2 nitrogen and oxygen atoms in total. The number of carbonyl (C=O) groups is 1. The second-order valence-corrected chi connectivity index (χ2v) is 6.09.